The van der Waals surface area contributed by atoms with E-state index in [0.29, 0.717) is 30.5 Å². The van der Waals surface area contributed by atoms with Crippen molar-refractivity contribution in [1.29, 1.82) is 0 Å². The Bertz CT molecular complexity index is 889. The summed E-state index contributed by atoms with van der Waals surface area (Å²) in [6, 6.07) is 11.3. The molecule has 0 unspecified atom stereocenters. The topological polar surface area (TPSA) is 66.5 Å². The Morgan fingerprint density at radius 3 is 2.33 bits per heavy atom. The van der Waals surface area contributed by atoms with Crippen molar-refractivity contribution in [3.63, 3.8) is 0 Å². The van der Waals surface area contributed by atoms with Crippen LogP contribution in [0.3, 0.4) is 0 Å². The Balaban J connectivity index is 1.91. The van der Waals surface area contributed by atoms with E-state index >= 15 is 0 Å². The fourth-order valence-corrected chi connectivity index (χ4v) is 6.79. The third-order valence-corrected chi connectivity index (χ3v) is 8.19. The molecule has 2 heterocycles. The molecule has 8 heteroatoms. The van der Waals surface area contributed by atoms with Gasteiger partial charge in [0.15, 0.2) is 0 Å². The number of thiophene rings is 1. The van der Waals surface area contributed by atoms with Crippen LogP contribution in [-0.2, 0) is 14.8 Å². The number of likely N-dealkylation sites (tertiary alicyclic amines) is 1. The summed E-state index contributed by atoms with van der Waals surface area (Å²) < 4.78 is 29.3. The van der Waals surface area contributed by atoms with Gasteiger partial charge in [0.2, 0.25) is 5.91 Å². The third-order valence-electron chi connectivity index (χ3n) is 4.65. The van der Waals surface area contributed by atoms with Crippen molar-refractivity contribution >= 4 is 43.2 Å². The van der Waals surface area contributed by atoms with Gasteiger partial charge in [-0.1, -0.05) is 44.2 Å². The summed E-state index contributed by atoms with van der Waals surface area (Å²) in [5.41, 5.74) is 0.646. The van der Waals surface area contributed by atoms with E-state index in [0.717, 1.165) is 21.5 Å². The molecular weight excluding hydrogens is 448 g/mol. The zero-order valence-corrected chi connectivity index (χ0v) is 18.5. The van der Waals surface area contributed by atoms with E-state index < -0.39 is 16.1 Å². The van der Waals surface area contributed by atoms with Gasteiger partial charge in [-0.25, -0.2) is 8.42 Å². The zero-order chi connectivity index (χ0) is 19.6. The lowest BCUT2D eigenvalue weighted by molar-refractivity contribution is -0.135. The summed E-state index contributed by atoms with van der Waals surface area (Å²) in [5.74, 6) is 0.608. The number of piperidine rings is 1. The minimum atomic E-state index is -3.81. The highest BCUT2D eigenvalue weighted by molar-refractivity contribution is 9.11. The third kappa shape index (κ3) is 4.99. The van der Waals surface area contributed by atoms with E-state index in [-0.39, 0.29) is 10.1 Å². The average molecular weight is 471 g/mol. The van der Waals surface area contributed by atoms with Crippen LogP contribution >= 0.6 is 27.3 Å². The van der Waals surface area contributed by atoms with Gasteiger partial charge in [-0.15, -0.1) is 11.3 Å². The molecule has 27 heavy (non-hydrogen) atoms. The van der Waals surface area contributed by atoms with E-state index in [9.17, 15) is 13.2 Å². The number of halogens is 1. The van der Waals surface area contributed by atoms with Crippen molar-refractivity contribution in [2.45, 2.75) is 30.5 Å². The predicted octanol–water partition coefficient (Wildman–Crippen LogP) is 4.03. The first-order valence-electron chi connectivity index (χ1n) is 8.87. The van der Waals surface area contributed by atoms with Gasteiger partial charge in [-0.3, -0.25) is 4.79 Å². The number of hydrogen-bond acceptors (Lipinski definition) is 4. The highest BCUT2D eigenvalue weighted by atomic mass is 79.9. The molecule has 1 amide bonds. The molecule has 1 N–H and O–H groups in total. The molecule has 0 radical (unpaired) electrons. The average Bonchev–Trinajstić information content (AvgIpc) is 3.06. The van der Waals surface area contributed by atoms with Gasteiger partial charge in [0.1, 0.15) is 10.3 Å². The molecule has 5 nitrogen and oxygen atoms in total. The fraction of sp³-hybridized carbons (Fsp3) is 0.421. The van der Waals surface area contributed by atoms with E-state index in [4.69, 9.17) is 0 Å². The highest BCUT2D eigenvalue weighted by Gasteiger charge is 2.34. The fourth-order valence-electron chi connectivity index (χ4n) is 3.59. The summed E-state index contributed by atoms with van der Waals surface area (Å²) >= 11 is 4.41. The Hall–Kier alpha value is -1.22. The predicted molar refractivity (Wildman–Crippen MR) is 111 cm³/mol. The molecule has 1 aliphatic rings. The van der Waals surface area contributed by atoms with Gasteiger partial charge in [0.05, 0.1) is 3.79 Å². The maximum Gasteiger partial charge on any atom is 0.251 e. The Morgan fingerprint density at radius 1 is 1.15 bits per heavy atom. The van der Waals surface area contributed by atoms with Crippen molar-refractivity contribution < 1.29 is 13.2 Å². The summed E-state index contributed by atoms with van der Waals surface area (Å²) in [7, 11) is -3.81. The van der Waals surface area contributed by atoms with Gasteiger partial charge in [-0.05, 0) is 51.9 Å². The second kappa shape index (κ2) is 8.43. The summed E-state index contributed by atoms with van der Waals surface area (Å²) in [4.78, 5) is 15.1. The first kappa shape index (κ1) is 20.5. The number of amides is 1. The maximum atomic E-state index is 13.3. The minimum Gasteiger partial charge on any atom is -0.340 e. The molecule has 0 bridgehead atoms. The molecule has 2 aromatic rings. The van der Waals surface area contributed by atoms with Gasteiger partial charge in [0.25, 0.3) is 10.0 Å². The molecule has 1 saturated heterocycles. The normalized spacial score (nSPS) is 21.8. The SMILES string of the molecule is C[C@@H]1C[C@@H](C)CN(C(=O)[C@H](NS(=O)(=O)c2ccc(Br)s2)c2ccccc2)C1. The van der Waals surface area contributed by atoms with E-state index in [1.54, 1.807) is 23.1 Å². The van der Waals surface area contributed by atoms with Crippen molar-refractivity contribution in [2.75, 3.05) is 13.1 Å². The number of hydrogen-bond donors (Lipinski definition) is 1. The molecule has 1 aromatic carbocycles. The molecule has 1 fully saturated rings. The van der Waals surface area contributed by atoms with Crippen molar-refractivity contribution in [2.24, 2.45) is 11.8 Å². The monoisotopic (exact) mass is 470 g/mol. The van der Waals surface area contributed by atoms with Crippen LogP contribution in [-0.4, -0.2) is 32.3 Å². The van der Waals surface area contributed by atoms with Crippen molar-refractivity contribution in [1.82, 2.24) is 9.62 Å². The lowest BCUT2D eigenvalue weighted by Crippen LogP contribution is -2.48. The number of rotatable bonds is 5. The molecule has 0 spiro atoms. The molecule has 146 valence electrons. The van der Waals surface area contributed by atoms with Crippen molar-refractivity contribution in [3.05, 3.63) is 51.8 Å². The van der Waals surface area contributed by atoms with Crippen LogP contribution in [0.1, 0.15) is 31.9 Å². The van der Waals surface area contributed by atoms with Gasteiger partial charge in [0, 0.05) is 13.1 Å². The molecule has 3 atom stereocenters. The van der Waals surface area contributed by atoms with Crippen LogP contribution in [0.2, 0.25) is 0 Å². The van der Waals surface area contributed by atoms with Gasteiger partial charge < -0.3 is 4.90 Å². The molecule has 0 saturated carbocycles. The number of carbonyl (C=O) groups excluding carboxylic acids is 1. The first-order valence-corrected chi connectivity index (χ1v) is 12.0. The first-order chi connectivity index (χ1) is 12.8. The largest absolute Gasteiger partial charge is 0.340 e. The van der Waals surface area contributed by atoms with Crippen LogP contribution in [0, 0.1) is 11.8 Å². The summed E-state index contributed by atoms with van der Waals surface area (Å²) in [6.07, 6.45) is 1.08. The maximum absolute atomic E-state index is 13.3. The number of nitrogens with one attached hydrogen (secondary N) is 1. The molecule has 3 rings (SSSR count). The number of sulfonamides is 1. The van der Waals surface area contributed by atoms with Crippen LogP contribution in [0.15, 0.2) is 50.5 Å². The number of carbonyl (C=O) groups is 1. The second-order valence-corrected chi connectivity index (χ2v) is 11.6. The number of nitrogens with zero attached hydrogens (tertiary/aromatic N) is 1. The van der Waals surface area contributed by atoms with Crippen LogP contribution in [0.25, 0.3) is 0 Å². The Labute approximate surface area is 173 Å². The highest BCUT2D eigenvalue weighted by Crippen LogP contribution is 2.29. The van der Waals surface area contributed by atoms with E-state index in [2.05, 4.69) is 34.5 Å². The van der Waals surface area contributed by atoms with Crippen LogP contribution in [0.5, 0.6) is 0 Å². The Kier molecular flexibility index (Phi) is 6.40. The van der Waals surface area contributed by atoms with Gasteiger partial charge in [-0.2, -0.15) is 4.72 Å². The standard InChI is InChI=1S/C19H23BrN2O3S2/c1-13-10-14(2)12-22(11-13)19(23)18(15-6-4-3-5-7-15)21-27(24,25)17-9-8-16(20)26-17/h3-9,13-14,18,21H,10-12H2,1-2H3/t13-,14-,18-/m1/s1. The lowest BCUT2D eigenvalue weighted by Gasteiger charge is -2.37. The summed E-state index contributed by atoms with van der Waals surface area (Å²) in [5, 5.41) is 0. The lowest BCUT2D eigenvalue weighted by atomic mass is 9.91. The van der Waals surface area contributed by atoms with Gasteiger partial charge >= 0.3 is 0 Å². The van der Waals surface area contributed by atoms with E-state index in [1.165, 1.54) is 6.07 Å². The van der Waals surface area contributed by atoms with Crippen LogP contribution < -0.4 is 4.72 Å². The second-order valence-electron chi connectivity index (χ2n) is 7.21. The van der Waals surface area contributed by atoms with Crippen molar-refractivity contribution in [3.8, 4) is 0 Å². The Morgan fingerprint density at radius 2 is 1.78 bits per heavy atom. The molecule has 1 aliphatic heterocycles. The quantitative estimate of drug-likeness (QED) is 0.716. The molecular formula is C19H23BrN2O3S2. The zero-order valence-electron chi connectivity index (χ0n) is 15.3. The minimum absolute atomic E-state index is 0.184. The number of benzene rings is 1. The summed E-state index contributed by atoms with van der Waals surface area (Å²) in [6.45, 7) is 5.55. The smallest absolute Gasteiger partial charge is 0.251 e. The van der Waals surface area contributed by atoms with E-state index in [1.807, 2.05) is 18.2 Å². The molecule has 0 aliphatic carbocycles. The molecule has 1 aromatic heterocycles. The van der Waals surface area contributed by atoms with Crippen LogP contribution in [0.4, 0.5) is 0 Å².